The molecule has 3 heterocycles. The van der Waals surface area contributed by atoms with Crippen molar-refractivity contribution in [2.24, 2.45) is 5.84 Å². The third-order valence-corrected chi connectivity index (χ3v) is 2.71. The molecule has 0 aliphatic heterocycles. The van der Waals surface area contributed by atoms with Gasteiger partial charge in [0, 0.05) is 18.6 Å². The van der Waals surface area contributed by atoms with Crippen molar-refractivity contribution in [2.45, 2.75) is 0 Å². The zero-order valence-corrected chi connectivity index (χ0v) is 10.7. The molecule has 0 saturated carbocycles. The fraction of sp³-hybridized carbons (Fsp3) is 0. The van der Waals surface area contributed by atoms with Gasteiger partial charge in [0.2, 0.25) is 5.82 Å². The fourth-order valence-electron chi connectivity index (χ4n) is 1.75. The Balaban J connectivity index is 1.85. The molecule has 9 nitrogen and oxygen atoms in total. The zero-order chi connectivity index (χ0) is 14.8. The molecular formula is C12H11N7O2. The second kappa shape index (κ2) is 5.06. The van der Waals surface area contributed by atoms with E-state index < -0.39 is 5.97 Å². The maximum absolute atomic E-state index is 12.1. The van der Waals surface area contributed by atoms with Crippen molar-refractivity contribution in [3.05, 3.63) is 48.5 Å². The largest absolute Gasteiger partial charge is 0.396 e. The molecule has 0 spiro atoms. The normalized spacial score (nSPS) is 10.5. The first kappa shape index (κ1) is 12.8. The van der Waals surface area contributed by atoms with E-state index in [0.717, 1.165) is 0 Å². The zero-order valence-electron chi connectivity index (χ0n) is 10.7. The third-order valence-electron chi connectivity index (χ3n) is 2.71. The number of carbonyl (C=O) groups excluding carboxylic acids is 1. The molecular weight excluding hydrogens is 274 g/mol. The van der Waals surface area contributed by atoms with Gasteiger partial charge in [0.05, 0.1) is 11.9 Å². The van der Waals surface area contributed by atoms with Crippen LogP contribution >= 0.6 is 0 Å². The van der Waals surface area contributed by atoms with Gasteiger partial charge in [0.15, 0.2) is 5.65 Å². The van der Waals surface area contributed by atoms with E-state index in [9.17, 15) is 4.79 Å². The summed E-state index contributed by atoms with van der Waals surface area (Å²) in [6.07, 6.45) is 6.04. The minimum Gasteiger partial charge on any atom is -0.396 e. The standard InChI is InChI=1S/C12H11N7O2/c13-9-3-1-4-16-11(9)19(14)21-12(20)8-7-17-18-6-2-5-15-10(8)18/h1-7H,13-14H2. The molecule has 0 bridgehead atoms. The molecule has 0 radical (unpaired) electrons. The fourth-order valence-corrected chi connectivity index (χ4v) is 1.75. The van der Waals surface area contributed by atoms with Crippen LogP contribution in [0.25, 0.3) is 5.65 Å². The van der Waals surface area contributed by atoms with Gasteiger partial charge >= 0.3 is 5.97 Å². The molecule has 0 unspecified atom stereocenters. The molecule has 106 valence electrons. The highest BCUT2D eigenvalue weighted by Gasteiger charge is 2.19. The maximum Gasteiger partial charge on any atom is 0.370 e. The molecule has 0 saturated heterocycles. The smallest absolute Gasteiger partial charge is 0.370 e. The van der Waals surface area contributed by atoms with Crippen molar-refractivity contribution in [2.75, 3.05) is 10.9 Å². The Morgan fingerprint density at radius 2 is 2.10 bits per heavy atom. The van der Waals surface area contributed by atoms with Crippen LogP contribution in [0.3, 0.4) is 0 Å². The highest BCUT2D eigenvalue weighted by Crippen LogP contribution is 2.18. The Morgan fingerprint density at radius 3 is 2.90 bits per heavy atom. The highest BCUT2D eigenvalue weighted by molar-refractivity contribution is 5.96. The number of hydrazine groups is 1. The molecule has 3 rings (SSSR count). The number of nitrogens with two attached hydrogens (primary N) is 2. The first-order chi connectivity index (χ1) is 10.2. The van der Waals surface area contributed by atoms with Crippen LogP contribution in [0.15, 0.2) is 43.0 Å². The second-order valence-corrected chi connectivity index (χ2v) is 4.07. The van der Waals surface area contributed by atoms with Gasteiger partial charge in [-0.15, -0.1) is 5.17 Å². The summed E-state index contributed by atoms with van der Waals surface area (Å²) >= 11 is 0. The van der Waals surface area contributed by atoms with Gasteiger partial charge in [0.1, 0.15) is 5.56 Å². The van der Waals surface area contributed by atoms with Crippen LogP contribution < -0.4 is 16.7 Å². The lowest BCUT2D eigenvalue weighted by molar-refractivity contribution is 0.0449. The summed E-state index contributed by atoms with van der Waals surface area (Å²) in [6.45, 7) is 0. The van der Waals surface area contributed by atoms with Gasteiger partial charge in [-0.3, -0.25) is 0 Å². The van der Waals surface area contributed by atoms with Crippen LogP contribution in [0.2, 0.25) is 0 Å². The number of hydrogen-bond acceptors (Lipinski definition) is 8. The molecule has 3 aromatic heterocycles. The van der Waals surface area contributed by atoms with Crippen molar-refractivity contribution < 1.29 is 9.63 Å². The summed E-state index contributed by atoms with van der Waals surface area (Å²) in [5.74, 6) is 5.07. The SMILES string of the molecule is Nc1cccnc1N(N)OC(=O)c1cnn2cccnc12. The van der Waals surface area contributed by atoms with Gasteiger partial charge in [-0.25, -0.2) is 25.1 Å². The first-order valence-corrected chi connectivity index (χ1v) is 5.93. The molecule has 0 aromatic carbocycles. The Morgan fingerprint density at radius 1 is 1.29 bits per heavy atom. The van der Waals surface area contributed by atoms with E-state index in [2.05, 4.69) is 15.1 Å². The van der Waals surface area contributed by atoms with Crippen molar-refractivity contribution >= 4 is 23.1 Å². The Kier molecular flexibility index (Phi) is 3.09. The maximum atomic E-state index is 12.1. The number of carbonyl (C=O) groups is 1. The van der Waals surface area contributed by atoms with Gasteiger partial charge in [-0.05, 0) is 18.2 Å². The second-order valence-electron chi connectivity index (χ2n) is 4.07. The first-order valence-electron chi connectivity index (χ1n) is 5.93. The molecule has 9 heteroatoms. The van der Waals surface area contributed by atoms with Crippen molar-refractivity contribution in [3.63, 3.8) is 0 Å². The lowest BCUT2D eigenvalue weighted by Gasteiger charge is -2.16. The Bertz CT molecular complexity index is 801. The molecule has 0 atom stereocenters. The number of anilines is 2. The molecule has 0 amide bonds. The molecule has 4 N–H and O–H groups in total. The minimum absolute atomic E-state index is 0.135. The van der Waals surface area contributed by atoms with E-state index in [1.54, 1.807) is 30.6 Å². The average molecular weight is 285 g/mol. The quantitative estimate of drug-likeness (QED) is 0.515. The summed E-state index contributed by atoms with van der Waals surface area (Å²) in [7, 11) is 0. The van der Waals surface area contributed by atoms with E-state index in [1.807, 2.05) is 0 Å². The molecule has 0 fully saturated rings. The predicted molar refractivity (Wildman–Crippen MR) is 73.7 cm³/mol. The Labute approximate surface area is 118 Å². The number of nitrogens with zero attached hydrogens (tertiary/aromatic N) is 5. The number of nitrogen functional groups attached to an aromatic ring is 1. The third kappa shape index (κ3) is 2.32. The number of hydrogen-bond donors (Lipinski definition) is 2. The molecule has 0 aliphatic rings. The van der Waals surface area contributed by atoms with Crippen LogP contribution in [0.5, 0.6) is 0 Å². The number of pyridine rings is 1. The monoisotopic (exact) mass is 285 g/mol. The number of aromatic nitrogens is 4. The van der Waals surface area contributed by atoms with Gasteiger partial charge in [-0.2, -0.15) is 5.10 Å². The van der Waals surface area contributed by atoms with Crippen LogP contribution in [-0.4, -0.2) is 25.6 Å². The van der Waals surface area contributed by atoms with Crippen LogP contribution in [-0.2, 0) is 4.84 Å². The van der Waals surface area contributed by atoms with Crippen LogP contribution in [0.1, 0.15) is 10.4 Å². The average Bonchev–Trinajstić information content (AvgIpc) is 2.91. The van der Waals surface area contributed by atoms with E-state index in [0.29, 0.717) is 10.8 Å². The Hall–Kier alpha value is -3.20. The van der Waals surface area contributed by atoms with Crippen LogP contribution in [0.4, 0.5) is 11.5 Å². The topological polar surface area (TPSA) is 125 Å². The minimum atomic E-state index is -0.712. The van der Waals surface area contributed by atoms with Crippen molar-refractivity contribution in [1.82, 2.24) is 19.6 Å². The summed E-state index contributed by atoms with van der Waals surface area (Å²) in [4.78, 5) is 25.1. The lowest BCUT2D eigenvalue weighted by Crippen LogP contribution is -2.35. The van der Waals surface area contributed by atoms with Gasteiger partial charge < -0.3 is 10.6 Å². The summed E-state index contributed by atoms with van der Waals surface area (Å²) < 4.78 is 1.45. The van der Waals surface area contributed by atoms with E-state index >= 15 is 0 Å². The molecule has 3 aromatic rings. The van der Waals surface area contributed by atoms with E-state index in [1.165, 1.54) is 16.9 Å². The summed E-state index contributed by atoms with van der Waals surface area (Å²) in [6, 6.07) is 4.93. The van der Waals surface area contributed by atoms with E-state index in [-0.39, 0.29) is 17.1 Å². The van der Waals surface area contributed by atoms with Crippen LogP contribution in [0, 0.1) is 0 Å². The van der Waals surface area contributed by atoms with Crippen molar-refractivity contribution in [1.29, 1.82) is 0 Å². The molecule has 21 heavy (non-hydrogen) atoms. The van der Waals surface area contributed by atoms with Gasteiger partial charge in [-0.1, -0.05) is 0 Å². The highest BCUT2D eigenvalue weighted by atomic mass is 16.7. The number of fused-ring (bicyclic) bond motifs is 1. The summed E-state index contributed by atoms with van der Waals surface area (Å²) in [5.41, 5.74) is 6.53. The summed E-state index contributed by atoms with van der Waals surface area (Å²) in [5, 5.41) is 4.70. The molecule has 0 aliphatic carbocycles. The van der Waals surface area contributed by atoms with Gasteiger partial charge in [0.25, 0.3) is 0 Å². The van der Waals surface area contributed by atoms with Crippen molar-refractivity contribution in [3.8, 4) is 0 Å². The van der Waals surface area contributed by atoms with E-state index in [4.69, 9.17) is 16.4 Å². The predicted octanol–water partition coefficient (Wildman–Crippen LogP) is 0.159. The number of rotatable bonds is 3. The lowest BCUT2D eigenvalue weighted by atomic mass is 10.3.